The summed E-state index contributed by atoms with van der Waals surface area (Å²) in [6, 6.07) is 7.48. The third-order valence-corrected chi connectivity index (χ3v) is 4.74. The minimum atomic E-state index is 0.503. The maximum absolute atomic E-state index is 6.08. The smallest absolute Gasteiger partial charge is 0.232 e. The number of piperidine rings is 1. The van der Waals surface area contributed by atoms with Crippen molar-refractivity contribution in [3.8, 4) is 5.88 Å². The average molecular weight is 344 g/mol. The summed E-state index contributed by atoms with van der Waals surface area (Å²) in [5.41, 5.74) is 0.884. The van der Waals surface area contributed by atoms with E-state index in [1.165, 1.54) is 0 Å². The van der Waals surface area contributed by atoms with Crippen LogP contribution in [-0.2, 0) is 0 Å². The van der Waals surface area contributed by atoms with Crippen LogP contribution in [0.5, 0.6) is 5.88 Å². The number of hydrogen-bond donors (Lipinski definition) is 0. The van der Waals surface area contributed by atoms with Crippen LogP contribution in [0.4, 0.5) is 5.82 Å². The fourth-order valence-electron chi connectivity index (χ4n) is 3.12. The number of rotatable bonds is 4. The van der Waals surface area contributed by atoms with Gasteiger partial charge in [-0.15, -0.1) is 0 Å². The molecule has 1 fully saturated rings. The van der Waals surface area contributed by atoms with Crippen molar-refractivity contribution in [3.63, 3.8) is 0 Å². The Morgan fingerprint density at radius 2 is 2.04 bits per heavy atom. The van der Waals surface area contributed by atoms with Gasteiger partial charge in [0.25, 0.3) is 0 Å². The van der Waals surface area contributed by atoms with Crippen LogP contribution in [0, 0.1) is 5.92 Å². The highest BCUT2D eigenvalue weighted by Gasteiger charge is 2.22. The number of hydrogen-bond acceptors (Lipinski definition) is 5. The molecule has 24 heavy (non-hydrogen) atoms. The van der Waals surface area contributed by atoms with Gasteiger partial charge in [-0.05, 0) is 43.0 Å². The molecular formula is C18H18ClN3O2. The van der Waals surface area contributed by atoms with E-state index in [1.807, 2.05) is 12.1 Å². The molecule has 0 atom stereocenters. The van der Waals surface area contributed by atoms with Crippen LogP contribution in [0.1, 0.15) is 12.8 Å². The van der Waals surface area contributed by atoms with Gasteiger partial charge in [0.2, 0.25) is 5.88 Å². The molecule has 4 heterocycles. The fourth-order valence-corrected chi connectivity index (χ4v) is 3.29. The number of halogens is 1. The number of pyridine rings is 2. The van der Waals surface area contributed by atoms with Crippen LogP contribution < -0.4 is 9.64 Å². The molecule has 0 unspecified atom stereocenters. The summed E-state index contributed by atoms with van der Waals surface area (Å²) in [6.07, 6.45) is 7.33. The third kappa shape index (κ3) is 3.04. The van der Waals surface area contributed by atoms with Crippen molar-refractivity contribution in [1.82, 2.24) is 9.97 Å². The molecule has 0 radical (unpaired) electrons. The molecule has 6 heteroatoms. The van der Waals surface area contributed by atoms with Crippen molar-refractivity contribution in [1.29, 1.82) is 0 Å². The van der Waals surface area contributed by atoms with Crippen molar-refractivity contribution < 1.29 is 9.15 Å². The third-order valence-electron chi connectivity index (χ3n) is 4.45. The predicted molar refractivity (Wildman–Crippen MR) is 93.7 cm³/mol. The summed E-state index contributed by atoms with van der Waals surface area (Å²) in [4.78, 5) is 11.0. The van der Waals surface area contributed by atoms with Crippen molar-refractivity contribution in [3.05, 3.63) is 47.9 Å². The number of aromatic nitrogens is 2. The monoisotopic (exact) mass is 343 g/mol. The first-order valence-corrected chi connectivity index (χ1v) is 8.49. The van der Waals surface area contributed by atoms with Gasteiger partial charge in [0, 0.05) is 25.5 Å². The Bertz CT molecular complexity index is 828. The summed E-state index contributed by atoms with van der Waals surface area (Å²) >= 11 is 6.08. The lowest BCUT2D eigenvalue weighted by atomic mass is 9.97. The van der Waals surface area contributed by atoms with Gasteiger partial charge in [0.1, 0.15) is 16.4 Å². The molecule has 1 aliphatic heterocycles. The van der Waals surface area contributed by atoms with E-state index in [4.69, 9.17) is 20.8 Å². The Morgan fingerprint density at radius 3 is 2.88 bits per heavy atom. The first-order chi connectivity index (χ1) is 11.8. The quantitative estimate of drug-likeness (QED) is 0.711. The Balaban J connectivity index is 1.37. The SMILES string of the molecule is Clc1cccnc1OCC1CCN(c2nccc3occc23)CC1. The van der Waals surface area contributed by atoms with Gasteiger partial charge >= 0.3 is 0 Å². The van der Waals surface area contributed by atoms with E-state index in [1.54, 1.807) is 30.8 Å². The molecule has 3 aromatic rings. The van der Waals surface area contributed by atoms with Crippen LogP contribution in [0.15, 0.2) is 47.3 Å². The molecule has 124 valence electrons. The van der Waals surface area contributed by atoms with Crippen LogP contribution in [-0.4, -0.2) is 29.7 Å². The van der Waals surface area contributed by atoms with Crippen molar-refractivity contribution in [2.45, 2.75) is 12.8 Å². The Hall–Kier alpha value is -2.27. The molecule has 5 nitrogen and oxygen atoms in total. The topological polar surface area (TPSA) is 51.4 Å². The first kappa shape index (κ1) is 15.3. The van der Waals surface area contributed by atoms with Crippen LogP contribution in [0.3, 0.4) is 0 Å². The van der Waals surface area contributed by atoms with E-state index >= 15 is 0 Å². The van der Waals surface area contributed by atoms with E-state index in [2.05, 4.69) is 14.9 Å². The molecule has 0 N–H and O–H groups in total. The van der Waals surface area contributed by atoms with Gasteiger partial charge in [-0.25, -0.2) is 9.97 Å². The molecule has 4 rings (SSSR count). The molecular weight excluding hydrogens is 326 g/mol. The van der Waals surface area contributed by atoms with Crippen LogP contribution in [0.2, 0.25) is 5.02 Å². The lowest BCUT2D eigenvalue weighted by Gasteiger charge is -2.32. The number of fused-ring (bicyclic) bond motifs is 1. The van der Waals surface area contributed by atoms with Crippen LogP contribution in [0.25, 0.3) is 11.0 Å². The summed E-state index contributed by atoms with van der Waals surface area (Å²) in [5.74, 6) is 2.03. The second-order valence-corrected chi connectivity index (χ2v) is 6.41. The van der Waals surface area contributed by atoms with E-state index in [9.17, 15) is 0 Å². The summed E-state index contributed by atoms with van der Waals surface area (Å²) < 4.78 is 11.2. The largest absolute Gasteiger partial charge is 0.476 e. The highest BCUT2D eigenvalue weighted by Crippen LogP contribution is 2.29. The Labute approximate surface area is 145 Å². The number of nitrogens with zero attached hydrogens (tertiary/aromatic N) is 3. The predicted octanol–water partition coefficient (Wildman–Crippen LogP) is 4.17. The molecule has 0 aliphatic carbocycles. The van der Waals surface area contributed by atoms with Gasteiger partial charge in [0.15, 0.2) is 0 Å². The zero-order valence-corrected chi connectivity index (χ0v) is 13.9. The minimum absolute atomic E-state index is 0.503. The van der Waals surface area contributed by atoms with Gasteiger partial charge < -0.3 is 14.1 Å². The van der Waals surface area contributed by atoms with Crippen molar-refractivity contribution >= 4 is 28.4 Å². The Kier molecular flexibility index (Phi) is 4.26. The van der Waals surface area contributed by atoms with Crippen LogP contribution >= 0.6 is 11.6 Å². The minimum Gasteiger partial charge on any atom is -0.476 e. The number of anilines is 1. The van der Waals surface area contributed by atoms with E-state index in [0.29, 0.717) is 23.4 Å². The van der Waals surface area contributed by atoms with Crippen molar-refractivity contribution in [2.75, 3.05) is 24.6 Å². The highest BCUT2D eigenvalue weighted by molar-refractivity contribution is 6.31. The molecule has 1 aliphatic rings. The first-order valence-electron chi connectivity index (χ1n) is 8.12. The van der Waals surface area contributed by atoms with E-state index in [0.717, 1.165) is 42.7 Å². The van der Waals surface area contributed by atoms with E-state index in [-0.39, 0.29) is 0 Å². The van der Waals surface area contributed by atoms with E-state index < -0.39 is 0 Å². The second kappa shape index (κ2) is 6.69. The Morgan fingerprint density at radius 1 is 1.17 bits per heavy atom. The lowest BCUT2D eigenvalue weighted by Crippen LogP contribution is -2.36. The van der Waals surface area contributed by atoms with Gasteiger partial charge in [-0.2, -0.15) is 0 Å². The molecule has 1 saturated heterocycles. The number of furan rings is 1. The molecule has 0 bridgehead atoms. The summed E-state index contributed by atoms with van der Waals surface area (Å²) in [6.45, 7) is 2.57. The summed E-state index contributed by atoms with van der Waals surface area (Å²) in [5, 5.41) is 1.64. The second-order valence-electron chi connectivity index (χ2n) is 6.00. The molecule has 3 aromatic heterocycles. The van der Waals surface area contributed by atoms with Gasteiger partial charge in [0.05, 0.1) is 18.3 Å². The lowest BCUT2D eigenvalue weighted by molar-refractivity contribution is 0.216. The normalized spacial score (nSPS) is 15.8. The molecule has 0 aromatic carbocycles. The van der Waals surface area contributed by atoms with Gasteiger partial charge in [-0.3, -0.25) is 0 Å². The maximum atomic E-state index is 6.08. The highest BCUT2D eigenvalue weighted by atomic mass is 35.5. The van der Waals surface area contributed by atoms with Gasteiger partial charge in [-0.1, -0.05) is 11.6 Å². The zero-order chi connectivity index (χ0) is 16.4. The number of ether oxygens (including phenoxy) is 1. The molecule has 0 saturated carbocycles. The zero-order valence-electron chi connectivity index (χ0n) is 13.2. The molecule has 0 amide bonds. The maximum Gasteiger partial charge on any atom is 0.232 e. The standard InChI is InChI=1S/C18H18ClN3O2/c19-15-2-1-7-21-18(15)24-12-13-4-9-22(10-5-13)17-14-6-11-23-16(14)3-8-20-17/h1-3,6-8,11,13H,4-5,9-10,12H2. The average Bonchev–Trinajstić information content (AvgIpc) is 3.10. The summed E-state index contributed by atoms with van der Waals surface area (Å²) in [7, 11) is 0. The van der Waals surface area contributed by atoms with Crippen molar-refractivity contribution in [2.24, 2.45) is 5.92 Å². The molecule has 0 spiro atoms. The fraction of sp³-hybridized carbons (Fsp3) is 0.333.